The lowest BCUT2D eigenvalue weighted by molar-refractivity contribution is 0.0778. The zero-order valence-electron chi connectivity index (χ0n) is 12.2. The van der Waals surface area contributed by atoms with Gasteiger partial charge in [-0.15, -0.1) is 0 Å². The van der Waals surface area contributed by atoms with E-state index >= 15 is 0 Å². The largest absolute Gasteiger partial charge is 0.336 e. The highest BCUT2D eigenvalue weighted by Crippen LogP contribution is 2.26. The fourth-order valence-electron chi connectivity index (χ4n) is 1.98. The van der Waals surface area contributed by atoms with E-state index in [2.05, 4.69) is 55.9 Å². The molecule has 0 aliphatic carbocycles. The summed E-state index contributed by atoms with van der Waals surface area (Å²) in [6.07, 6.45) is 0. The van der Waals surface area contributed by atoms with Crippen molar-refractivity contribution in [2.75, 3.05) is 7.05 Å². The summed E-state index contributed by atoms with van der Waals surface area (Å²) in [7, 11) is 1.78. The van der Waals surface area contributed by atoms with Crippen LogP contribution in [0.15, 0.2) is 33.2 Å². The second kappa shape index (κ2) is 6.75. The lowest BCUT2D eigenvalue weighted by atomic mass is 10.1. The lowest BCUT2D eigenvalue weighted by Crippen LogP contribution is -2.26. The first-order chi connectivity index (χ1) is 9.90. The number of aromatic amines is 1. The molecule has 0 radical (unpaired) electrons. The molecule has 1 N–H and O–H groups in total. The summed E-state index contributed by atoms with van der Waals surface area (Å²) < 4.78 is 1.78. The van der Waals surface area contributed by atoms with E-state index in [9.17, 15) is 4.79 Å². The predicted octanol–water partition coefficient (Wildman–Crippen LogP) is 4.33. The number of hydrogen-bond acceptors (Lipinski definition) is 2. The molecule has 21 heavy (non-hydrogen) atoms. The van der Waals surface area contributed by atoms with Crippen molar-refractivity contribution in [3.8, 4) is 0 Å². The van der Waals surface area contributed by atoms with Crippen molar-refractivity contribution < 1.29 is 4.79 Å². The normalized spacial score (nSPS) is 11.0. The molecule has 0 bridgehead atoms. The lowest BCUT2D eigenvalue weighted by Gasteiger charge is -2.16. The first kappa shape index (κ1) is 16.2. The van der Waals surface area contributed by atoms with Crippen LogP contribution in [0.3, 0.4) is 0 Å². The fourth-order valence-corrected chi connectivity index (χ4v) is 3.05. The molecule has 0 atom stereocenters. The number of aromatic nitrogens is 2. The summed E-state index contributed by atoms with van der Waals surface area (Å²) in [6.45, 7) is 4.65. The molecule has 1 amide bonds. The van der Waals surface area contributed by atoms with Gasteiger partial charge in [0.15, 0.2) is 5.69 Å². The Morgan fingerprint density at radius 2 is 1.90 bits per heavy atom. The van der Waals surface area contributed by atoms with Crippen molar-refractivity contribution in [1.29, 1.82) is 0 Å². The average molecular weight is 415 g/mol. The van der Waals surface area contributed by atoms with E-state index in [4.69, 9.17) is 0 Å². The summed E-state index contributed by atoms with van der Waals surface area (Å²) >= 11 is 6.87. The minimum atomic E-state index is -0.104. The number of benzene rings is 1. The van der Waals surface area contributed by atoms with Crippen LogP contribution in [0.2, 0.25) is 0 Å². The van der Waals surface area contributed by atoms with E-state index in [-0.39, 0.29) is 11.8 Å². The van der Waals surface area contributed by atoms with E-state index in [1.807, 2.05) is 24.3 Å². The molecular formula is C15H17Br2N3O. The van der Waals surface area contributed by atoms with Crippen molar-refractivity contribution in [3.63, 3.8) is 0 Å². The van der Waals surface area contributed by atoms with Crippen molar-refractivity contribution in [3.05, 3.63) is 50.2 Å². The van der Waals surface area contributed by atoms with Crippen LogP contribution < -0.4 is 0 Å². The van der Waals surface area contributed by atoms with Crippen LogP contribution in [0.4, 0.5) is 0 Å². The first-order valence-corrected chi connectivity index (χ1v) is 8.22. The quantitative estimate of drug-likeness (QED) is 0.809. The summed E-state index contributed by atoms with van der Waals surface area (Å²) in [5, 5.41) is 7.07. The zero-order chi connectivity index (χ0) is 15.6. The summed E-state index contributed by atoms with van der Waals surface area (Å²) in [4.78, 5) is 14.1. The smallest absolute Gasteiger partial charge is 0.275 e. The van der Waals surface area contributed by atoms with Crippen LogP contribution in [0.5, 0.6) is 0 Å². The summed E-state index contributed by atoms with van der Waals surface area (Å²) in [6, 6.07) is 7.92. The number of carbonyl (C=O) groups excluding carboxylic acids is 1. The van der Waals surface area contributed by atoms with Gasteiger partial charge >= 0.3 is 0 Å². The Morgan fingerprint density at radius 1 is 1.29 bits per heavy atom. The molecule has 1 aromatic carbocycles. The van der Waals surface area contributed by atoms with Crippen molar-refractivity contribution in [2.24, 2.45) is 0 Å². The van der Waals surface area contributed by atoms with Crippen molar-refractivity contribution >= 4 is 37.8 Å². The number of halogens is 2. The van der Waals surface area contributed by atoms with Gasteiger partial charge in [0.1, 0.15) is 0 Å². The van der Waals surface area contributed by atoms with Gasteiger partial charge in [-0.1, -0.05) is 41.9 Å². The number of nitrogens with zero attached hydrogens (tertiary/aromatic N) is 2. The highest BCUT2D eigenvalue weighted by atomic mass is 79.9. The molecule has 0 unspecified atom stereocenters. The molecule has 0 saturated carbocycles. The van der Waals surface area contributed by atoms with E-state index in [0.717, 1.165) is 20.2 Å². The molecule has 1 aromatic heterocycles. The molecule has 0 saturated heterocycles. The third kappa shape index (κ3) is 3.74. The highest BCUT2D eigenvalue weighted by molar-refractivity contribution is 9.10. The van der Waals surface area contributed by atoms with Gasteiger partial charge in [0.25, 0.3) is 5.91 Å². The monoisotopic (exact) mass is 413 g/mol. The molecule has 112 valence electrons. The van der Waals surface area contributed by atoms with Crippen LogP contribution in [-0.2, 0) is 6.54 Å². The molecule has 2 aromatic rings. The van der Waals surface area contributed by atoms with E-state index in [1.54, 1.807) is 11.9 Å². The Labute approximate surface area is 141 Å². The molecule has 2 rings (SSSR count). The van der Waals surface area contributed by atoms with Crippen LogP contribution in [-0.4, -0.2) is 28.1 Å². The molecule has 0 aliphatic heterocycles. The maximum atomic E-state index is 12.5. The number of amides is 1. The van der Waals surface area contributed by atoms with Crippen LogP contribution in [0.1, 0.15) is 41.5 Å². The maximum Gasteiger partial charge on any atom is 0.275 e. The third-order valence-electron chi connectivity index (χ3n) is 3.19. The SMILES string of the molecule is CC(C)c1[nH]nc(C(=O)N(C)Cc2ccc(Br)cc2)c1Br. The topological polar surface area (TPSA) is 49.0 Å². The van der Waals surface area contributed by atoms with Gasteiger partial charge in [0, 0.05) is 18.1 Å². The van der Waals surface area contributed by atoms with Gasteiger partial charge in [0.2, 0.25) is 0 Å². The molecule has 6 heteroatoms. The van der Waals surface area contributed by atoms with Gasteiger partial charge in [-0.2, -0.15) is 5.10 Å². The van der Waals surface area contributed by atoms with Crippen molar-refractivity contribution in [1.82, 2.24) is 15.1 Å². The molecule has 1 heterocycles. The van der Waals surface area contributed by atoms with Gasteiger partial charge < -0.3 is 4.90 Å². The number of nitrogens with one attached hydrogen (secondary N) is 1. The molecule has 0 fully saturated rings. The fraction of sp³-hybridized carbons (Fsp3) is 0.333. The highest BCUT2D eigenvalue weighted by Gasteiger charge is 2.22. The van der Waals surface area contributed by atoms with Gasteiger partial charge in [-0.3, -0.25) is 9.89 Å². The first-order valence-electron chi connectivity index (χ1n) is 6.63. The second-order valence-electron chi connectivity index (χ2n) is 5.24. The number of hydrogen-bond donors (Lipinski definition) is 1. The van der Waals surface area contributed by atoms with Crippen LogP contribution in [0.25, 0.3) is 0 Å². The average Bonchev–Trinajstić information content (AvgIpc) is 2.82. The zero-order valence-corrected chi connectivity index (χ0v) is 15.3. The summed E-state index contributed by atoms with van der Waals surface area (Å²) in [5.41, 5.74) is 2.44. The Kier molecular flexibility index (Phi) is 5.22. The van der Waals surface area contributed by atoms with E-state index in [0.29, 0.717) is 12.2 Å². The third-order valence-corrected chi connectivity index (χ3v) is 4.52. The van der Waals surface area contributed by atoms with E-state index < -0.39 is 0 Å². The van der Waals surface area contributed by atoms with Gasteiger partial charge in [0.05, 0.1) is 10.2 Å². The second-order valence-corrected chi connectivity index (χ2v) is 6.95. The molecule has 4 nitrogen and oxygen atoms in total. The van der Waals surface area contributed by atoms with Gasteiger partial charge in [-0.05, 0) is 39.5 Å². The standard InChI is InChI=1S/C15H17Br2N3O/c1-9(2)13-12(17)14(19-18-13)15(21)20(3)8-10-4-6-11(16)7-5-10/h4-7,9H,8H2,1-3H3,(H,18,19). The van der Waals surface area contributed by atoms with Crippen molar-refractivity contribution in [2.45, 2.75) is 26.3 Å². The van der Waals surface area contributed by atoms with Crippen LogP contribution >= 0.6 is 31.9 Å². The Bertz CT molecular complexity index is 635. The maximum absolute atomic E-state index is 12.5. The van der Waals surface area contributed by atoms with E-state index in [1.165, 1.54) is 0 Å². The Hall–Kier alpha value is -1.14. The van der Waals surface area contributed by atoms with Gasteiger partial charge in [-0.25, -0.2) is 0 Å². The minimum Gasteiger partial charge on any atom is -0.336 e. The predicted molar refractivity (Wildman–Crippen MR) is 90.3 cm³/mol. The van der Waals surface area contributed by atoms with Crippen LogP contribution in [0, 0.1) is 0 Å². The number of rotatable bonds is 4. The Morgan fingerprint density at radius 3 is 2.43 bits per heavy atom. The minimum absolute atomic E-state index is 0.104. The number of carbonyl (C=O) groups is 1. The molecule has 0 aliphatic rings. The Balaban J connectivity index is 2.14. The molecular weight excluding hydrogens is 398 g/mol. The molecule has 0 spiro atoms. The number of H-pyrrole nitrogens is 1. The summed E-state index contributed by atoms with van der Waals surface area (Å²) in [5.74, 6) is 0.179.